The second kappa shape index (κ2) is 7.93. The molecule has 9 heteroatoms. The van der Waals surface area contributed by atoms with E-state index in [1.165, 1.54) is 18.3 Å². The fourth-order valence-electron chi connectivity index (χ4n) is 3.04. The van der Waals surface area contributed by atoms with E-state index in [4.69, 9.17) is 0 Å². The molecule has 144 valence electrons. The number of nitrogens with zero attached hydrogens (tertiary/aromatic N) is 6. The molecule has 0 amide bonds. The first-order valence-corrected chi connectivity index (χ1v) is 9.66. The summed E-state index contributed by atoms with van der Waals surface area (Å²) in [5.74, 6) is 0.0217. The van der Waals surface area contributed by atoms with Crippen LogP contribution in [0.25, 0.3) is 16.9 Å². The van der Waals surface area contributed by atoms with Gasteiger partial charge in [0.15, 0.2) is 5.65 Å². The number of rotatable bonds is 5. The maximum Gasteiger partial charge on any atom is 0.223 e. The molecule has 0 bridgehead atoms. The van der Waals surface area contributed by atoms with Gasteiger partial charge in [0.2, 0.25) is 5.95 Å². The van der Waals surface area contributed by atoms with Gasteiger partial charge in [0.1, 0.15) is 16.5 Å². The molecule has 0 atom stereocenters. The van der Waals surface area contributed by atoms with Crippen LogP contribution < -0.4 is 5.32 Å². The summed E-state index contributed by atoms with van der Waals surface area (Å²) in [5, 5.41) is 12.6. The minimum absolute atomic E-state index is 0.321. The van der Waals surface area contributed by atoms with Crippen LogP contribution in [-0.2, 0) is 13.0 Å². The summed E-state index contributed by atoms with van der Waals surface area (Å²) in [6.07, 6.45) is 5.80. The maximum absolute atomic E-state index is 13.2. The standard InChI is InChI=1S/C20H15BrFN7/c1-2-15-16(29-11-17(21)24-10-18(29)27-15)9-26-20-25-8-13(7-23)19(28-20)12-3-5-14(22)6-4-12/h3-6,8,10-11H,2,9H2,1H3,(H,25,26,28). The first kappa shape index (κ1) is 19.0. The quantitative estimate of drug-likeness (QED) is 0.490. The lowest BCUT2D eigenvalue weighted by Gasteiger charge is -2.09. The minimum Gasteiger partial charge on any atom is -0.349 e. The fraction of sp³-hybridized carbons (Fsp3) is 0.150. The molecule has 1 N–H and O–H groups in total. The van der Waals surface area contributed by atoms with E-state index in [2.05, 4.69) is 47.3 Å². The van der Waals surface area contributed by atoms with Gasteiger partial charge in [-0.2, -0.15) is 5.26 Å². The number of halogens is 2. The van der Waals surface area contributed by atoms with Gasteiger partial charge >= 0.3 is 0 Å². The lowest BCUT2D eigenvalue weighted by atomic mass is 10.1. The van der Waals surface area contributed by atoms with Crippen LogP contribution in [0.3, 0.4) is 0 Å². The third-order valence-electron chi connectivity index (χ3n) is 4.43. The van der Waals surface area contributed by atoms with Crippen molar-refractivity contribution in [3.63, 3.8) is 0 Å². The molecule has 0 aliphatic heterocycles. The molecule has 0 radical (unpaired) electrons. The Hall–Kier alpha value is -3.38. The lowest BCUT2D eigenvalue weighted by Crippen LogP contribution is -2.09. The van der Waals surface area contributed by atoms with E-state index in [1.54, 1.807) is 18.3 Å². The molecule has 0 aliphatic rings. The van der Waals surface area contributed by atoms with Crippen molar-refractivity contribution in [3.05, 3.63) is 70.2 Å². The van der Waals surface area contributed by atoms with Gasteiger partial charge in [-0.15, -0.1) is 0 Å². The molecule has 3 heterocycles. The highest BCUT2D eigenvalue weighted by molar-refractivity contribution is 9.10. The number of anilines is 1. The summed E-state index contributed by atoms with van der Waals surface area (Å²) >= 11 is 3.39. The van der Waals surface area contributed by atoms with Crippen LogP contribution in [0, 0.1) is 17.1 Å². The Morgan fingerprint density at radius 3 is 2.69 bits per heavy atom. The fourth-order valence-corrected chi connectivity index (χ4v) is 3.35. The molecule has 7 nitrogen and oxygen atoms in total. The highest BCUT2D eigenvalue weighted by atomic mass is 79.9. The molecule has 0 unspecified atom stereocenters. The van der Waals surface area contributed by atoms with Gasteiger partial charge in [-0.25, -0.2) is 24.3 Å². The molecule has 4 aromatic rings. The number of benzene rings is 1. The average molecular weight is 452 g/mol. The van der Waals surface area contributed by atoms with E-state index >= 15 is 0 Å². The number of imidazole rings is 1. The Kier molecular flexibility index (Phi) is 5.18. The van der Waals surface area contributed by atoms with Crippen LogP contribution >= 0.6 is 15.9 Å². The smallest absolute Gasteiger partial charge is 0.223 e. The molecule has 0 aliphatic carbocycles. The Morgan fingerprint density at radius 2 is 1.97 bits per heavy atom. The Bertz CT molecular complexity index is 1230. The average Bonchev–Trinajstić information content (AvgIpc) is 3.09. The minimum atomic E-state index is -0.347. The first-order valence-electron chi connectivity index (χ1n) is 8.87. The second-order valence-corrected chi connectivity index (χ2v) is 7.04. The Labute approximate surface area is 174 Å². The van der Waals surface area contributed by atoms with Gasteiger partial charge in [-0.05, 0) is 46.6 Å². The molecule has 0 fully saturated rings. The molecule has 0 saturated carbocycles. The molecule has 1 aromatic carbocycles. The van der Waals surface area contributed by atoms with Crippen LogP contribution in [0.1, 0.15) is 23.9 Å². The number of nitrogens with one attached hydrogen (secondary N) is 1. The van der Waals surface area contributed by atoms with Crippen molar-refractivity contribution in [1.29, 1.82) is 5.26 Å². The summed E-state index contributed by atoms with van der Waals surface area (Å²) in [7, 11) is 0. The molecular formula is C20H15BrFN7. The van der Waals surface area contributed by atoms with Crippen molar-refractivity contribution < 1.29 is 4.39 Å². The Morgan fingerprint density at radius 1 is 1.17 bits per heavy atom. The first-order chi connectivity index (χ1) is 14.1. The van der Waals surface area contributed by atoms with Crippen LogP contribution in [-0.4, -0.2) is 24.3 Å². The van der Waals surface area contributed by atoms with Crippen LogP contribution in [0.2, 0.25) is 0 Å². The highest BCUT2D eigenvalue weighted by Crippen LogP contribution is 2.23. The SMILES string of the molecule is CCc1nc2cnc(Br)cn2c1CNc1ncc(C#N)c(-c2ccc(F)cc2)n1. The summed E-state index contributed by atoms with van der Waals surface area (Å²) in [6.45, 7) is 2.48. The van der Waals surface area contributed by atoms with Crippen LogP contribution in [0.4, 0.5) is 10.3 Å². The van der Waals surface area contributed by atoms with Crippen molar-refractivity contribution in [2.75, 3.05) is 5.32 Å². The van der Waals surface area contributed by atoms with Gasteiger partial charge in [0.05, 0.1) is 41.6 Å². The number of nitriles is 1. The maximum atomic E-state index is 13.2. The molecule has 4 rings (SSSR count). The predicted octanol–water partition coefficient (Wildman–Crippen LogP) is 4.13. The van der Waals surface area contributed by atoms with Gasteiger partial charge in [0, 0.05) is 11.8 Å². The van der Waals surface area contributed by atoms with Crippen LogP contribution in [0.5, 0.6) is 0 Å². The summed E-state index contributed by atoms with van der Waals surface area (Å²) in [5.41, 5.74) is 4.10. The Balaban J connectivity index is 1.67. The number of aromatic nitrogens is 5. The number of aryl methyl sites for hydroxylation is 1. The number of hydrogen-bond acceptors (Lipinski definition) is 6. The van der Waals surface area contributed by atoms with Crippen molar-refractivity contribution in [3.8, 4) is 17.3 Å². The summed E-state index contributed by atoms with van der Waals surface area (Å²) in [4.78, 5) is 17.5. The normalized spacial score (nSPS) is 10.8. The molecule has 0 saturated heterocycles. The zero-order valence-electron chi connectivity index (χ0n) is 15.4. The monoisotopic (exact) mass is 451 g/mol. The molecule has 0 spiro atoms. The highest BCUT2D eigenvalue weighted by Gasteiger charge is 2.14. The zero-order valence-corrected chi connectivity index (χ0v) is 17.0. The third-order valence-corrected chi connectivity index (χ3v) is 4.84. The summed E-state index contributed by atoms with van der Waals surface area (Å²) in [6, 6.07) is 7.93. The molecule has 3 aromatic heterocycles. The van der Waals surface area contributed by atoms with E-state index in [0.29, 0.717) is 33.9 Å². The van der Waals surface area contributed by atoms with Crippen molar-refractivity contribution in [2.24, 2.45) is 0 Å². The molecule has 29 heavy (non-hydrogen) atoms. The van der Waals surface area contributed by atoms with Gasteiger partial charge in [0.25, 0.3) is 0 Å². The lowest BCUT2D eigenvalue weighted by molar-refractivity contribution is 0.628. The zero-order chi connectivity index (χ0) is 20.4. The van der Waals surface area contributed by atoms with Gasteiger partial charge < -0.3 is 5.32 Å². The number of fused-ring (bicyclic) bond motifs is 1. The van der Waals surface area contributed by atoms with E-state index in [9.17, 15) is 9.65 Å². The predicted molar refractivity (Wildman–Crippen MR) is 110 cm³/mol. The number of hydrogen-bond donors (Lipinski definition) is 1. The van der Waals surface area contributed by atoms with E-state index in [-0.39, 0.29) is 5.82 Å². The van der Waals surface area contributed by atoms with E-state index < -0.39 is 0 Å². The third kappa shape index (κ3) is 3.79. The van der Waals surface area contributed by atoms with Crippen molar-refractivity contribution in [2.45, 2.75) is 19.9 Å². The van der Waals surface area contributed by atoms with Gasteiger partial charge in [-0.3, -0.25) is 4.40 Å². The second-order valence-electron chi connectivity index (χ2n) is 6.23. The van der Waals surface area contributed by atoms with Crippen molar-refractivity contribution in [1.82, 2.24) is 24.3 Å². The van der Waals surface area contributed by atoms with Crippen molar-refractivity contribution >= 4 is 27.5 Å². The van der Waals surface area contributed by atoms with E-state index in [0.717, 1.165) is 23.5 Å². The summed E-state index contributed by atoms with van der Waals surface area (Å²) < 4.78 is 15.9. The molecular weight excluding hydrogens is 437 g/mol. The largest absolute Gasteiger partial charge is 0.349 e. The van der Waals surface area contributed by atoms with Gasteiger partial charge in [-0.1, -0.05) is 6.92 Å². The van der Waals surface area contributed by atoms with Crippen LogP contribution in [0.15, 0.2) is 47.5 Å². The van der Waals surface area contributed by atoms with E-state index in [1.807, 2.05) is 17.5 Å². The topological polar surface area (TPSA) is 91.8 Å².